The second kappa shape index (κ2) is 16.4. The van der Waals surface area contributed by atoms with Crippen molar-refractivity contribution in [3.63, 3.8) is 0 Å². The number of hydrogen-bond donors (Lipinski definition) is 5. The van der Waals surface area contributed by atoms with Crippen LogP contribution in [0.5, 0.6) is 0 Å². The maximum Gasteiger partial charge on any atom is 2.00 e. The van der Waals surface area contributed by atoms with Crippen LogP contribution >= 0.6 is 0 Å². The van der Waals surface area contributed by atoms with Gasteiger partial charge in [-0.25, -0.2) is 0 Å². The Kier molecular flexibility index (Phi) is 21.7. The van der Waals surface area contributed by atoms with Crippen LogP contribution in [0.4, 0.5) is 0 Å². The van der Waals surface area contributed by atoms with E-state index in [1.807, 2.05) is 0 Å². The molecule has 0 saturated heterocycles. The molecule has 4 atom stereocenters. The first-order valence-electron chi connectivity index (χ1n) is 4.42. The van der Waals surface area contributed by atoms with E-state index in [-0.39, 0.29) is 23.4 Å². The molecule has 0 fully saturated rings. The zero-order valence-corrected chi connectivity index (χ0v) is 10.8. The summed E-state index contributed by atoms with van der Waals surface area (Å²) in [5, 5.41) is 73.0. The Hall–Kier alpha value is -1.61. The smallest absolute Gasteiger partial charge is 0.394 e. The van der Waals surface area contributed by atoms with Crippen molar-refractivity contribution in [3.05, 3.63) is 30.6 Å². The van der Waals surface area contributed by atoms with Crippen LogP contribution < -0.4 is 0 Å². The number of aldehydes is 1. The van der Waals surface area contributed by atoms with E-state index in [9.17, 15) is 4.79 Å². The van der Waals surface area contributed by atoms with E-state index in [4.69, 9.17) is 56.2 Å². The average molecular weight is 368 g/mol. The summed E-state index contributed by atoms with van der Waals surface area (Å²) in [5.41, 5.74) is 0. The van der Waals surface area contributed by atoms with Crippen LogP contribution in [0.15, 0.2) is 0 Å². The van der Waals surface area contributed by atoms with Gasteiger partial charge in [-0.15, -0.1) is 0 Å². The van der Waals surface area contributed by atoms with Crippen molar-refractivity contribution < 1.29 is 57.6 Å². The largest absolute Gasteiger partial charge is 2.00 e. The molecule has 0 aliphatic rings. The molecule has 5 N–H and O–H groups in total. The average Bonchev–Trinajstić information content (AvgIpc) is 2.33. The molecule has 0 aliphatic carbocycles. The van der Waals surface area contributed by atoms with Gasteiger partial charge in [-0.1, -0.05) is 0 Å². The molecule has 15 heteroatoms. The van der Waals surface area contributed by atoms with Crippen molar-refractivity contribution >= 4 is 6.29 Å². The summed E-state index contributed by atoms with van der Waals surface area (Å²) in [6.07, 6.45) is -6.84. The molecular formula is C6H12CuN2O12. The normalized spacial score (nSPS) is 14.3. The molecule has 0 heterocycles. The van der Waals surface area contributed by atoms with E-state index in [1.165, 1.54) is 0 Å². The molecule has 0 aromatic heterocycles. The van der Waals surface area contributed by atoms with Crippen molar-refractivity contribution in [2.75, 3.05) is 6.61 Å². The minimum atomic E-state index is -1.79. The van der Waals surface area contributed by atoms with Gasteiger partial charge in [0.05, 0.1) is 16.8 Å². The molecule has 1 radical (unpaired) electrons. The van der Waals surface area contributed by atoms with Crippen molar-refractivity contribution in [2.45, 2.75) is 24.4 Å². The van der Waals surface area contributed by atoms with Gasteiger partial charge < -0.3 is 61.0 Å². The number of carbonyl (C=O) groups is 1. The standard InChI is InChI=1S/C6H12O6.Cu.2NO3/c7-1-3(9)5(11)6(12)4(10)2-8;;2*2-1(3)4/h1,3-6,8-12H,2H2;;;/q;+2;2*-1/t3-,4+,5+,6+;;;/m0.../s1. The predicted octanol–water partition coefficient (Wildman–Crippen LogP) is -3.86. The van der Waals surface area contributed by atoms with Gasteiger partial charge in [-0.2, -0.15) is 0 Å². The van der Waals surface area contributed by atoms with E-state index in [0.717, 1.165) is 0 Å². The number of rotatable bonds is 5. The van der Waals surface area contributed by atoms with E-state index in [2.05, 4.69) is 0 Å². The van der Waals surface area contributed by atoms with Gasteiger partial charge in [0.1, 0.15) is 24.4 Å². The van der Waals surface area contributed by atoms with E-state index < -0.39 is 41.2 Å². The van der Waals surface area contributed by atoms with Crippen LogP contribution in [0.25, 0.3) is 0 Å². The van der Waals surface area contributed by atoms with Gasteiger partial charge in [0.2, 0.25) is 0 Å². The van der Waals surface area contributed by atoms with Crippen LogP contribution in [-0.2, 0) is 21.9 Å². The third kappa shape index (κ3) is 23.9. The SMILES string of the molecule is O=C[C@H](O)[C@@H](O)[C@H](O)[C@H](O)CO.O=[N+]([O-])[O-].O=[N+]([O-])[O-].[Cu+2]. The quantitative estimate of drug-likeness (QED) is 0.135. The number of hydrogen-bond acceptors (Lipinski definition) is 12. The molecule has 0 unspecified atom stereocenters. The Balaban J connectivity index is -0.000000134. The van der Waals surface area contributed by atoms with Crippen molar-refractivity contribution in [1.82, 2.24) is 0 Å². The van der Waals surface area contributed by atoms with Crippen molar-refractivity contribution in [3.8, 4) is 0 Å². The Morgan fingerprint density at radius 1 is 0.905 bits per heavy atom. The van der Waals surface area contributed by atoms with E-state index in [1.54, 1.807) is 0 Å². The van der Waals surface area contributed by atoms with E-state index in [0.29, 0.717) is 0 Å². The summed E-state index contributed by atoms with van der Waals surface area (Å²) in [4.78, 5) is 26.4. The molecule has 0 spiro atoms. The van der Waals surface area contributed by atoms with Gasteiger partial charge in [0.25, 0.3) is 0 Å². The first-order valence-corrected chi connectivity index (χ1v) is 4.42. The van der Waals surface area contributed by atoms with Gasteiger partial charge in [-0.3, -0.25) is 0 Å². The maximum absolute atomic E-state index is 9.90. The first kappa shape index (κ1) is 27.7. The van der Waals surface area contributed by atoms with E-state index >= 15 is 0 Å². The third-order valence-corrected chi connectivity index (χ3v) is 1.42. The molecule has 0 saturated carbocycles. The fourth-order valence-corrected chi connectivity index (χ4v) is 0.618. The second-order valence-corrected chi connectivity index (χ2v) is 2.80. The molecule has 0 aromatic carbocycles. The summed E-state index contributed by atoms with van der Waals surface area (Å²) in [6.45, 7) is -0.760. The van der Waals surface area contributed by atoms with Gasteiger partial charge in [-0.05, 0) is 0 Å². The van der Waals surface area contributed by atoms with Crippen LogP contribution in [0.3, 0.4) is 0 Å². The van der Waals surface area contributed by atoms with Crippen molar-refractivity contribution in [1.29, 1.82) is 0 Å². The molecule has 129 valence electrons. The minimum absolute atomic E-state index is 0. The molecular weight excluding hydrogens is 356 g/mol. The summed E-state index contributed by atoms with van der Waals surface area (Å²) < 4.78 is 0. The zero-order chi connectivity index (χ0) is 16.9. The van der Waals surface area contributed by atoms with Gasteiger partial charge >= 0.3 is 17.1 Å². The number of nitrogens with zero attached hydrogens (tertiary/aromatic N) is 2. The third-order valence-electron chi connectivity index (χ3n) is 1.42. The fraction of sp³-hybridized carbons (Fsp3) is 0.833. The Morgan fingerprint density at radius 3 is 1.38 bits per heavy atom. The molecule has 0 bridgehead atoms. The second-order valence-electron chi connectivity index (χ2n) is 2.80. The van der Waals surface area contributed by atoms with Gasteiger partial charge in [0.15, 0.2) is 6.29 Å². The zero-order valence-electron chi connectivity index (χ0n) is 9.88. The van der Waals surface area contributed by atoms with Gasteiger partial charge in [0, 0.05) is 0 Å². The molecule has 0 rings (SSSR count). The monoisotopic (exact) mass is 367 g/mol. The summed E-state index contributed by atoms with van der Waals surface area (Å²) in [6, 6.07) is 0. The first-order chi connectivity index (χ1) is 9.00. The Morgan fingerprint density at radius 2 is 1.19 bits per heavy atom. The summed E-state index contributed by atoms with van der Waals surface area (Å²) >= 11 is 0. The van der Waals surface area contributed by atoms with Crippen LogP contribution in [0.1, 0.15) is 0 Å². The number of carbonyl (C=O) groups excluding carboxylic acids is 1. The molecule has 0 amide bonds. The summed E-state index contributed by atoms with van der Waals surface area (Å²) in [7, 11) is 0. The maximum atomic E-state index is 9.90. The molecule has 14 nitrogen and oxygen atoms in total. The molecule has 0 aliphatic heterocycles. The number of aliphatic hydroxyl groups is 5. The molecule has 0 aromatic rings. The summed E-state index contributed by atoms with van der Waals surface area (Å²) in [5.74, 6) is 0. The van der Waals surface area contributed by atoms with Crippen molar-refractivity contribution in [2.24, 2.45) is 0 Å². The number of aliphatic hydroxyl groups excluding tert-OH is 5. The Labute approximate surface area is 126 Å². The topological polar surface area (TPSA) is 251 Å². The predicted molar refractivity (Wildman–Crippen MR) is 57.9 cm³/mol. The fourth-order valence-electron chi connectivity index (χ4n) is 0.618. The Bertz CT molecular complexity index is 271. The minimum Gasteiger partial charge on any atom is -0.394 e. The molecule has 21 heavy (non-hydrogen) atoms. The van der Waals surface area contributed by atoms with Crippen LogP contribution in [0, 0.1) is 30.6 Å². The van der Waals surface area contributed by atoms with Crippen LogP contribution in [0.2, 0.25) is 0 Å². The van der Waals surface area contributed by atoms with Crippen LogP contribution in [-0.4, -0.2) is 73.0 Å².